The fraction of sp³-hybridized carbons (Fsp3) is 0.0556. The molecule has 24 heavy (non-hydrogen) atoms. The van der Waals surface area contributed by atoms with Gasteiger partial charge in [0, 0.05) is 11.8 Å². The number of fused-ring (bicyclic) bond motifs is 1. The van der Waals surface area contributed by atoms with Gasteiger partial charge in [-0.1, -0.05) is 36.4 Å². The first-order chi connectivity index (χ1) is 11.8. The summed E-state index contributed by atoms with van der Waals surface area (Å²) in [5.41, 5.74) is 2.44. The van der Waals surface area contributed by atoms with Crippen LogP contribution in [-0.4, -0.2) is 20.5 Å². The molecule has 0 spiro atoms. The number of pyridine rings is 1. The summed E-state index contributed by atoms with van der Waals surface area (Å²) in [7, 11) is 0. The molecule has 6 heteroatoms. The summed E-state index contributed by atoms with van der Waals surface area (Å²) in [5.74, 6) is 0.660. The van der Waals surface area contributed by atoms with Crippen molar-refractivity contribution in [2.75, 3.05) is 0 Å². The zero-order valence-corrected chi connectivity index (χ0v) is 12.7. The minimum atomic E-state index is -0.286. The summed E-state index contributed by atoms with van der Waals surface area (Å²) in [6.07, 6.45) is 3.38. The van der Waals surface area contributed by atoms with Crippen molar-refractivity contribution in [3.05, 3.63) is 78.6 Å². The van der Waals surface area contributed by atoms with Crippen LogP contribution in [0, 0.1) is 0 Å². The van der Waals surface area contributed by atoms with E-state index in [1.165, 1.54) is 6.26 Å². The highest BCUT2D eigenvalue weighted by Gasteiger charge is 2.17. The molecule has 0 saturated heterocycles. The van der Waals surface area contributed by atoms with Crippen molar-refractivity contribution in [3.8, 4) is 11.1 Å². The second-order valence-corrected chi connectivity index (χ2v) is 5.26. The number of carbonyl (C=O) groups is 1. The molecule has 0 fully saturated rings. The maximum absolute atomic E-state index is 12.5. The third-order valence-electron chi connectivity index (χ3n) is 3.75. The molecule has 0 aliphatic carbocycles. The molecule has 0 saturated carbocycles. The number of nitrogens with one attached hydrogen (secondary N) is 1. The Bertz CT molecular complexity index is 988. The molecule has 4 rings (SSSR count). The number of furan rings is 1. The average Bonchev–Trinajstić information content (AvgIpc) is 3.28. The third-order valence-corrected chi connectivity index (χ3v) is 3.75. The average molecular weight is 318 g/mol. The van der Waals surface area contributed by atoms with Gasteiger partial charge in [-0.25, -0.2) is 0 Å². The highest BCUT2D eigenvalue weighted by Crippen LogP contribution is 2.24. The Morgan fingerprint density at radius 1 is 1.04 bits per heavy atom. The van der Waals surface area contributed by atoms with Gasteiger partial charge >= 0.3 is 0 Å². The van der Waals surface area contributed by atoms with Gasteiger partial charge in [-0.2, -0.15) is 0 Å². The molecular weight excluding hydrogens is 304 g/mol. The Kier molecular flexibility index (Phi) is 3.55. The van der Waals surface area contributed by atoms with Crippen molar-refractivity contribution in [1.29, 1.82) is 0 Å². The second kappa shape index (κ2) is 6.00. The number of rotatable bonds is 4. The van der Waals surface area contributed by atoms with E-state index < -0.39 is 0 Å². The Hall–Kier alpha value is -3.41. The van der Waals surface area contributed by atoms with Crippen molar-refractivity contribution >= 4 is 11.6 Å². The first kappa shape index (κ1) is 14.2. The van der Waals surface area contributed by atoms with Gasteiger partial charge in [-0.15, -0.1) is 10.2 Å². The van der Waals surface area contributed by atoms with Crippen molar-refractivity contribution in [3.63, 3.8) is 0 Å². The van der Waals surface area contributed by atoms with Gasteiger partial charge < -0.3 is 9.73 Å². The van der Waals surface area contributed by atoms with Crippen LogP contribution in [0.5, 0.6) is 0 Å². The van der Waals surface area contributed by atoms with E-state index in [0.717, 1.165) is 16.8 Å². The summed E-state index contributed by atoms with van der Waals surface area (Å²) < 4.78 is 7.22. The number of hydrogen-bond donors (Lipinski definition) is 1. The van der Waals surface area contributed by atoms with E-state index in [9.17, 15) is 4.79 Å². The summed E-state index contributed by atoms with van der Waals surface area (Å²) >= 11 is 0. The number of carbonyl (C=O) groups excluding carboxylic acids is 1. The number of aromatic nitrogens is 3. The standard InChI is InChI=1S/C18H14N4O2/c23-18(17-14(9-11-24-17)13-6-2-1-3-7-13)19-12-16-21-20-15-8-4-5-10-22(15)16/h1-11H,12H2,(H,19,23). The van der Waals surface area contributed by atoms with Crippen molar-refractivity contribution in [2.45, 2.75) is 6.54 Å². The summed E-state index contributed by atoms with van der Waals surface area (Å²) in [6.45, 7) is 0.263. The van der Waals surface area contributed by atoms with Gasteiger partial charge in [0.1, 0.15) is 0 Å². The normalized spacial score (nSPS) is 10.8. The third kappa shape index (κ3) is 2.54. The van der Waals surface area contributed by atoms with Crippen LogP contribution in [0.15, 0.2) is 71.5 Å². The molecule has 1 amide bonds. The van der Waals surface area contributed by atoms with Crippen LogP contribution in [-0.2, 0) is 6.54 Å². The Balaban J connectivity index is 1.54. The molecule has 0 radical (unpaired) electrons. The van der Waals surface area contributed by atoms with Gasteiger partial charge in [0.2, 0.25) is 0 Å². The fourth-order valence-electron chi connectivity index (χ4n) is 2.58. The van der Waals surface area contributed by atoms with Crippen molar-refractivity contribution < 1.29 is 9.21 Å². The molecular formula is C18H14N4O2. The number of hydrogen-bond acceptors (Lipinski definition) is 4. The number of amides is 1. The minimum Gasteiger partial charge on any atom is -0.459 e. The van der Waals surface area contributed by atoms with E-state index in [0.29, 0.717) is 5.82 Å². The molecule has 0 unspecified atom stereocenters. The molecule has 0 aliphatic rings. The lowest BCUT2D eigenvalue weighted by atomic mass is 10.1. The quantitative estimate of drug-likeness (QED) is 0.628. The van der Waals surface area contributed by atoms with Crippen LogP contribution in [0.4, 0.5) is 0 Å². The molecule has 1 aromatic carbocycles. The van der Waals surface area contributed by atoms with Gasteiger partial charge in [0.25, 0.3) is 5.91 Å². The van der Waals surface area contributed by atoms with Crippen LogP contribution in [0.1, 0.15) is 16.4 Å². The molecule has 0 atom stereocenters. The van der Waals surface area contributed by atoms with Crippen LogP contribution in [0.3, 0.4) is 0 Å². The van der Waals surface area contributed by atoms with E-state index in [1.54, 1.807) is 6.07 Å². The molecule has 4 aromatic rings. The zero-order valence-electron chi connectivity index (χ0n) is 12.7. The molecule has 1 N–H and O–H groups in total. The molecule has 6 nitrogen and oxygen atoms in total. The van der Waals surface area contributed by atoms with Crippen molar-refractivity contribution in [2.24, 2.45) is 0 Å². The number of nitrogens with zero attached hydrogens (tertiary/aromatic N) is 3. The maximum Gasteiger partial charge on any atom is 0.288 e. The van der Waals surface area contributed by atoms with Crippen LogP contribution in [0.2, 0.25) is 0 Å². The zero-order chi connectivity index (χ0) is 16.4. The SMILES string of the molecule is O=C(NCc1nnc2ccccn12)c1occc1-c1ccccc1. The van der Waals surface area contributed by atoms with Gasteiger partial charge in [-0.05, 0) is 23.8 Å². The van der Waals surface area contributed by atoms with Gasteiger partial charge in [0.15, 0.2) is 17.2 Å². The fourth-order valence-corrected chi connectivity index (χ4v) is 2.58. The topological polar surface area (TPSA) is 72.4 Å². The van der Waals surface area contributed by atoms with E-state index in [-0.39, 0.29) is 18.2 Å². The molecule has 118 valence electrons. The lowest BCUT2D eigenvalue weighted by Crippen LogP contribution is -2.24. The van der Waals surface area contributed by atoms with E-state index in [2.05, 4.69) is 15.5 Å². The molecule has 3 aromatic heterocycles. The number of benzene rings is 1. The highest BCUT2D eigenvalue weighted by molar-refractivity contribution is 5.98. The largest absolute Gasteiger partial charge is 0.459 e. The molecule has 0 bridgehead atoms. The van der Waals surface area contributed by atoms with Crippen LogP contribution in [0.25, 0.3) is 16.8 Å². The summed E-state index contributed by atoms with van der Waals surface area (Å²) in [5, 5.41) is 11.0. The maximum atomic E-state index is 12.5. The predicted molar refractivity (Wildman–Crippen MR) is 88.3 cm³/mol. The Morgan fingerprint density at radius 2 is 1.88 bits per heavy atom. The predicted octanol–water partition coefficient (Wildman–Crippen LogP) is 2.92. The lowest BCUT2D eigenvalue weighted by Gasteiger charge is -2.05. The molecule has 0 aliphatic heterocycles. The first-order valence-electron chi connectivity index (χ1n) is 7.53. The lowest BCUT2D eigenvalue weighted by molar-refractivity contribution is 0.0923. The highest BCUT2D eigenvalue weighted by atomic mass is 16.3. The van der Waals surface area contributed by atoms with E-state index >= 15 is 0 Å². The summed E-state index contributed by atoms with van der Waals surface area (Å²) in [4.78, 5) is 12.5. The van der Waals surface area contributed by atoms with Gasteiger partial charge in [-0.3, -0.25) is 9.20 Å². The van der Waals surface area contributed by atoms with Gasteiger partial charge in [0.05, 0.1) is 12.8 Å². The second-order valence-electron chi connectivity index (χ2n) is 5.26. The van der Waals surface area contributed by atoms with E-state index in [4.69, 9.17) is 4.42 Å². The van der Waals surface area contributed by atoms with E-state index in [1.807, 2.05) is 59.1 Å². The minimum absolute atomic E-state index is 0.263. The molecule has 3 heterocycles. The summed E-state index contributed by atoms with van der Waals surface area (Å²) in [6, 6.07) is 17.1. The van der Waals surface area contributed by atoms with Crippen LogP contribution >= 0.6 is 0 Å². The first-order valence-corrected chi connectivity index (χ1v) is 7.53. The Labute approximate surface area is 137 Å². The van der Waals surface area contributed by atoms with Crippen molar-refractivity contribution in [1.82, 2.24) is 19.9 Å². The monoisotopic (exact) mass is 318 g/mol. The van der Waals surface area contributed by atoms with Crippen LogP contribution < -0.4 is 5.32 Å². The smallest absolute Gasteiger partial charge is 0.288 e. The Morgan fingerprint density at radius 3 is 2.75 bits per heavy atom.